The second kappa shape index (κ2) is 6.55. The van der Waals surface area contributed by atoms with Crippen molar-refractivity contribution in [1.82, 2.24) is 5.32 Å². The van der Waals surface area contributed by atoms with E-state index in [-0.39, 0.29) is 22.2 Å². The van der Waals surface area contributed by atoms with E-state index in [0.29, 0.717) is 4.47 Å². The molecule has 1 atom stereocenters. The summed E-state index contributed by atoms with van der Waals surface area (Å²) in [5.74, 6) is -3.78. The van der Waals surface area contributed by atoms with Crippen LogP contribution in [-0.4, -0.2) is 18.1 Å². The van der Waals surface area contributed by atoms with Crippen LogP contribution in [-0.2, 0) is 0 Å². The van der Waals surface area contributed by atoms with Gasteiger partial charge in [-0.1, -0.05) is 17.7 Å². The molecule has 0 bridgehead atoms. The van der Waals surface area contributed by atoms with Crippen LogP contribution in [0.2, 0.25) is 5.02 Å². The molecule has 0 radical (unpaired) electrons. The number of amides is 2. The average Bonchev–Trinajstić information content (AvgIpc) is 2.88. The van der Waals surface area contributed by atoms with Gasteiger partial charge in [0.25, 0.3) is 0 Å². The van der Waals surface area contributed by atoms with Crippen LogP contribution >= 0.6 is 27.5 Å². The van der Waals surface area contributed by atoms with Gasteiger partial charge in [0.1, 0.15) is 0 Å². The zero-order valence-electron chi connectivity index (χ0n) is 13.1. The van der Waals surface area contributed by atoms with Crippen molar-refractivity contribution in [2.75, 3.05) is 5.32 Å². The van der Waals surface area contributed by atoms with E-state index in [9.17, 15) is 18.0 Å². The highest BCUT2D eigenvalue weighted by atomic mass is 79.9. The highest BCUT2D eigenvalue weighted by molar-refractivity contribution is 9.10. The molecule has 0 aliphatic carbocycles. The first-order valence-electron chi connectivity index (χ1n) is 7.19. The number of alkyl halides is 3. The van der Waals surface area contributed by atoms with Gasteiger partial charge in [0.05, 0.1) is 5.69 Å². The predicted octanol–water partition coefficient (Wildman–Crippen LogP) is 5.22. The van der Waals surface area contributed by atoms with Crippen LogP contribution < -0.4 is 20.1 Å². The van der Waals surface area contributed by atoms with Crippen molar-refractivity contribution in [2.45, 2.75) is 19.0 Å². The third kappa shape index (κ3) is 3.54. The third-order valence-electron chi connectivity index (χ3n) is 3.44. The summed E-state index contributed by atoms with van der Waals surface area (Å²) >= 11 is 8.98. The second-order valence-electron chi connectivity index (χ2n) is 5.47. The van der Waals surface area contributed by atoms with Crippen molar-refractivity contribution in [3.8, 4) is 11.5 Å². The molecule has 0 saturated carbocycles. The lowest BCUT2D eigenvalue weighted by Crippen LogP contribution is -2.65. The maximum Gasteiger partial charge on any atom is 0.492 e. The smallest absolute Gasteiger partial charge is 0.424 e. The minimum Gasteiger partial charge on any atom is -0.424 e. The number of anilines is 1. The monoisotopic (exact) mass is 450 g/mol. The Hall–Kier alpha value is -2.13. The van der Waals surface area contributed by atoms with Gasteiger partial charge in [-0.05, 0) is 52.7 Å². The van der Waals surface area contributed by atoms with Crippen LogP contribution in [0.4, 0.5) is 23.7 Å². The van der Waals surface area contributed by atoms with Crippen LogP contribution in [0.3, 0.4) is 0 Å². The van der Waals surface area contributed by atoms with Crippen molar-refractivity contribution >= 4 is 39.2 Å². The van der Waals surface area contributed by atoms with E-state index in [1.807, 2.05) is 6.92 Å². The van der Waals surface area contributed by atoms with Gasteiger partial charge >= 0.3 is 18.1 Å². The lowest BCUT2D eigenvalue weighted by atomic mass is 10.2. The van der Waals surface area contributed by atoms with Crippen molar-refractivity contribution in [3.63, 3.8) is 0 Å². The molecule has 1 heterocycles. The largest absolute Gasteiger partial charge is 0.492 e. The Morgan fingerprint density at radius 2 is 1.85 bits per heavy atom. The lowest BCUT2D eigenvalue weighted by molar-refractivity contribution is -0.317. The van der Waals surface area contributed by atoms with Gasteiger partial charge < -0.3 is 14.8 Å². The molecule has 5 nitrogen and oxygen atoms in total. The number of urea groups is 1. The molecule has 2 aromatic carbocycles. The highest BCUT2D eigenvalue weighted by Gasteiger charge is 2.65. The maximum atomic E-state index is 13.6. The Kier molecular flexibility index (Phi) is 4.70. The summed E-state index contributed by atoms with van der Waals surface area (Å²) in [5.41, 5.74) is 1.19. The standard InChI is InChI=1S/C16H11BrClF3N2O3/c1-8-2-4-11(10(17)6-8)22-14(24)23-16(15(19,20)21)25-12-5-3-9(18)7-13(12)26-16/h2-7H,1H3,(H2,22,23,24)/t16-/m1/s1. The Labute approximate surface area is 159 Å². The molecule has 1 aliphatic rings. The quantitative estimate of drug-likeness (QED) is 0.658. The number of carbonyl (C=O) groups excluding carboxylic acids is 1. The number of rotatable bonds is 2. The maximum absolute atomic E-state index is 13.6. The van der Waals surface area contributed by atoms with Crippen molar-refractivity contribution in [1.29, 1.82) is 0 Å². The summed E-state index contributed by atoms with van der Waals surface area (Å²) in [5, 5.41) is 4.19. The van der Waals surface area contributed by atoms with Crippen LogP contribution in [0, 0.1) is 6.92 Å². The number of aryl methyl sites for hydroxylation is 1. The lowest BCUT2D eigenvalue weighted by Gasteiger charge is -2.29. The van der Waals surface area contributed by atoms with E-state index < -0.39 is 18.1 Å². The molecule has 1 aliphatic heterocycles. The van der Waals surface area contributed by atoms with E-state index in [1.54, 1.807) is 23.5 Å². The Morgan fingerprint density at radius 3 is 2.50 bits per heavy atom. The summed E-state index contributed by atoms with van der Waals surface area (Å²) in [6, 6.07) is 7.52. The molecule has 2 amide bonds. The zero-order valence-corrected chi connectivity index (χ0v) is 15.4. The minimum absolute atomic E-state index is 0.165. The molecule has 0 aromatic heterocycles. The molecule has 2 aromatic rings. The molecular weight excluding hydrogens is 441 g/mol. The average molecular weight is 452 g/mol. The summed E-state index contributed by atoms with van der Waals surface area (Å²) < 4.78 is 51.0. The van der Waals surface area contributed by atoms with Gasteiger partial charge in [-0.15, -0.1) is 0 Å². The molecule has 26 heavy (non-hydrogen) atoms. The number of carbonyl (C=O) groups is 1. The molecule has 0 spiro atoms. The summed E-state index contributed by atoms with van der Waals surface area (Å²) in [7, 11) is 0. The first kappa shape index (κ1) is 18.7. The fourth-order valence-electron chi connectivity index (χ4n) is 2.24. The van der Waals surface area contributed by atoms with Gasteiger partial charge in [-0.3, -0.25) is 5.32 Å². The fraction of sp³-hybridized carbons (Fsp3) is 0.188. The summed E-state index contributed by atoms with van der Waals surface area (Å²) in [6.07, 6.45) is -5.06. The topological polar surface area (TPSA) is 59.6 Å². The highest BCUT2D eigenvalue weighted by Crippen LogP contribution is 2.46. The van der Waals surface area contributed by atoms with E-state index in [1.165, 1.54) is 18.2 Å². The SMILES string of the molecule is Cc1ccc(NC(=O)N[C@]2(C(F)(F)F)Oc3ccc(Cl)cc3O2)c(Br)c1. The molecule has 10 heteroatoms. The van der Waals surface area contributed by atoms with Crippen molar-refractivity contribution < 1.29 is 27.4 Å². The van der Waals surface area contributed by atoms with Crippen LogP contribution in [0.1, 0.15) is 5.56 Å². The Morgan fingerprint density at radius 1 is 1.15 bits per heavy atom. The van der Waals surface area contributed by atoms with Crippen molar-refractivity contribution in [3.05, 3.63) is 51.5 Å². The van der Waals surface area contributed by atoms with Gasteiger partial charge in [-0.25, -0.2) is 4.79 Å². The number of ether oxygens (including phenoxy) is 2. The molecular formula is C16H11BrClF3N2O3. The number of hydrogen-bond donors (Lipinski definition) is 2. The van der Waals surface area contributed by atoms with Crippen molar-refractivity contribution in [2.24, 2.45) is 0 Å². The Balaban J connectivity index is 1.83. The fourth-order valence-corrected chi connectivity index (χ4v) is 2.99. The first-order chi connectivity index (χ1) is 12.1. The summed E-state index contributed by atoms with van der Waals surface area (Å²) in [4.78, 5) is 12.1. The Bertz CT molecular complexity index is 878. The number of hydrogen-bond acceptors (Lipinski definition) is 3. The predicted molar refractivity (Wildman–Crippen MR) is 92.5 cm³/mol. The van der Waals surface area contributed by atoms with Gasteiger partial charge in [-0.2, -0.15) is 13.2 Å². The van der Waals surface area contributed by atoms with E-state index in [0.717, 1.165) is 5.56 Å². The van der Waals surface area contributed by atoms with Crippen LogP contribution in [0.25, 0.3) is 0 Å². The third-order valence-corrected chi connectivity index (χ3v) is 4.33. The molecule has 138 valence electrons. The number of fused-ring (bicyclic) bond motifs is 1. The molecule has 3 rings (SSSR count). The van der Waals surface area contributed by atoms with Crippen LogP contribution in [0.15, 0.2) is 40.9 Å². The molecule has 0 unspecified atom stereocenters. The number of nitrogens with one attached hydrogen (secondary N) is 2. The van der Waals surface area contributed by atoms with Gasteiger partial charge in [0.15, 0.2) is 11.5 Å². The molecule has 2 N–H and O–H groups in total. The molecule has 0 fully saturated rings. The van der Waals surface area contributed by atoms with Gasteiger partial charge in [0, 0.05) is 15.6 Å². The van der Waals surface area contributed by atoms with E-state index in [2.05, 4.69) is 21.2 Å². The van der Waals surface area contributed by atoms with Crippen LogP contribution in [0.5, 0.6) is 11.5 Å². The van der Waals surface area contributed by atoms with Gasteiger partial charge in [0.2, 0.25) is 0 Å². The van der Waals surface area contributed by atoms with E-state index in [4.69, 9.17) is 21.1 Å². The number of halogens is 5. The molecule has 0 saturated heterocycles. The normalized spacial score (nSPS) is 18.5. The van der Waals surface area contributed by atoms with E-state index >= 15 is 0 Å². The summed E-state index contributed by atoms with van der Waals surface area (Å²) in [6.45, 7) is 1.83. The zero-order chi connectivity index (χ0) is 19.1. The number of benzene rings is 2. The minimum atomic E-state index is -5.06. The first-order valence-corrected chi connectivity index (χ1v) is 8.36. The second-order valence-corrected chi connectivity index (χ2v) is 6.76.